The molecule has 31 heavy (non-hydrogen) atoms. The van der Waals surface area contributed by atoms with Crippen LogP contribution in [0.3, 0.4) is 0 Å². The van der Waals surface area contributed by atoms with Gasteiger partial charge in [0.25, 0.3) is 21.6 Å². The van der Waals surface area contributed by atoms with Gasteiger partial charge in [-0.05, 0) is 41.5 Å². The van der Waals surface area contributed by atoms with Gasteiger partial charge < -0.3 is 5.32 Å². The van der Waals surface area contributed by atoms with Gasteiger partial charge in [-0.15, -0.1) is 0 Å². The van der Waals surface area contributed by atoms with Gasteiger partial charge in [0.2, 0.25) is 0 Å². The second kappa shape index (κ2) is 9.68. The molecule has 3 rings (SSSR count). The summed E-state index contributed by atoms with van der Waals surface area (Å²) in [4.78, 5) is 22.5. The quantitative estimate of drug-likeness (QED) is 0.409. The van der Waals surface area contributed by atoms with Crippen LogP contribution in [0.2, 0.25) is 0 Å². The Labute approximate surface area is 179 Å². The highest BCUT2D eigenvalue weighted by molar-refractivity contribution is 7.95. The molecule has 9 heteroatoms. The van der Waals surface area contributed by atoms with Crippen molar-refractivity contribution < 1.29 is 18.1 Å². The minimum absolute atomic E-state index is 0.0215. The lowest BCUT2D eigenvalue weighted by Crippen LogP contribution is -2.22. The molecule has 0 bridgehead atoms. The van der Waals surface area contributed by atoms with E-state index in [1.54, 1.807) is 24.3 Å². The van der Waals surface area contributed by atoms with E-state index in [2.05, 4.69) is 10.0 Å². The number of amides is 1. The molecule has 0 radical (unpaired) electrons. The lowest BCUT2D eigenvalue weighted by atomic mass is 10.1. The summed E-state index contributed by atoms with van der Waals surface area (Å²) in [5, 5.41) is 14.5. The number of nitrogens with zero attached hydrogens (tertiary/aromatic N) is 1. The van der Waals surface area contributed by atoms with Gasteiger partial charge >= 0.3 is 0 Å². The van der Waals surface area contributed by atoms with Crippen LogP contribution in [0.25, 0.3) is 6.08 Å². The number of anilines is 1. The number of rotatable bonds is 8. The van der Waals surface area contributed by atoms with E-state index in [0.29, 0.717) is 16.8 Å². The third-order valence-electron chi connectivity index (χ3n) is 4.25. The SMILES string of the molecule is O=C(NCc1ccc([N+](=O)[O-])cc1)c1ccc(NS(=O)(=O)C=Cc2ccccc2)cc1. The van der Waals surface area contributed by atoms with E-state index < -0.39 is 14.9 Å². The highest BCUT2D eigenvalue weighted by atomic mass is 32.2. The first-order valence-electron chi connectivity index (χ1n) is 9.20. The summed E-state index contributed by atoms with van der Waals surface area (Å²) in [6.07, 6.45) is 1.49. The zero-order valence-electron chi connectivity index (χ0n) is 16.3. The first-order chi connectivity index (χ1) is 14.8. The summed E-state index contributed by atoms with van der Waals surface area (Å²) in [6.45, 7) is 0.204. The first-order valence-corrected chi connectivity index (χ1v) is 10.7. The molecule has 0 heterocycles. The van der Waals surface area contributed by atoms with Crippen LogP contribution in [0.15, 0.2) is 84.3 Å². The molecule has 1 amide bonds. The van der Waals surface area contributed by atoms with Crippen LogP contribution < -0.4 is 10.0 Å². The molecule has 0 saturated heterocycles. The average molecular weight is 437 g/mol. The maximum absolute atomic E-state index is 12.3. The number of hydrogen-bond donors (Lipinski definition) is 2. The molecule has 8 nitrogen and oxygen atoms in total. The van der Waals surface area contributed by atoms with Gasteiger partial charge in [-0.1, -0.05) is 42.5 Å². The Morgan fingerprint density at radius 1 is 0.935 bits per heavy atom. The van der Waals surface area contributed by atoms with Crippen molar-refractivity contribution in [3.63, 3.8) is 0 Å². The van der Waals surface area contributed by atoms with Crippen LogP contribution in [0, 0.1) is 10.1 Å². The van der Waals surface area contributed by atoms with Crippen LogP contribution in [-0.2, 0) is 16.6 Å². The molecule has 0 aliphatic carbocycles. The number of non-ortho nitro benzene ring substituents is 1. The average Bonchev–Trinajstić information content (AvgIpc) is 2.77. The van der Waals surface area contributed by atoms with Gasteiger partial charge in [0, 0.05) is 29.9 Å². The topological polar surface area (TPSA) is 118 Å². The van der Waals surface area contributed by atoms with E-state index in [0.717, 1.165) is 11.0 Å². The molecule has 0 saturated carbocycles. The molecule has 0 spiro atoms. The molecule has 0 aromatic heterocycles. The number of sulfonamides is 1. The second-order valence-corrected chi connectivity index (χ2v) is 8.11. The predicted octanol–water partition coefficient (Wildman–Crippen LogP) is 3.94. The minimum atomic E-state index is -3.70. The zero-order chi connectivity index (χ0) is 22.3. The van der Waals surface area contributed by atoms with Crippen LogP contribution in [0.1, 0.15) is 21.5 Å². The molecule has 3 aromatic carbocycles. The molecule has 0 unspecified atom stereocenters. The maximum atomic E-state index is 12.3. The van der Waals surface area contributed by atoms with Crippen molar-refractivity contribution >= 4 is 33.4 Å². The Kier molecular flexibility index (Phi) is 6.78. The first kappa shape index (κ1) is 21.7. The summed E-state index contributed by atoms with van der Waals surface area (Å²) in [7, 11) is -3.70. The lowest BCUT2D eigenvalue weighted by molar-refractivity contribution is -0.384. The van der Waals surface area contributed by atoms with E-state index in [1.807, 2.05) is 18.2 Å². The summed E-state index contributed by atoms with van der Waals surface area (Å²) >= 11 is 0. The Morgan fingerprint density at radius 2 is 1.58 bits per heavy atom. The highest BCUT2D eigenvalue weighted by Gasteiger charge is 2.09. The lowest BCUT2D eigenvalue weighted by Gasteiger charge is -2.08. The minimum Gasteiger partial charge on any atom is -0.348 e. The molecular weight excluding hydrogens is 418 g/mol. The third-order valence-corrected chi connectivity index (χ3v) is 5.26. The smallest absolute Gasteiger partial charge is 0.269 e. The summed E-state index contributed by atoms with van der Waals surface area (Å²) in [6, 6.07) is 20.9. The van der Waals surface area contributed by atoms with Crippen LogP contribution in [-0.4, -0.2) is 19.2 Å². The Hall–Kier alpha value is -3.98. The second-order valence-electron chi connectivity index (χ2n) is 6.54. The molecule has 0 atom stereocenters. The zero-order valence-corrected chi connectivity index (χ0v) is 17.1. The van der Waals surface area contributed by atoms with Gasteiger partial charge in [0.05, 0.1) is 10.3 Å². The van der Waals surface area contributed by atoms with E-state index in [1.165, 1.54) is 42.5 Å². The molecule has 0 aliphatic heterocycles. The number of carbonyl (C=O) groups is 1. The fraction of sp³-hybridized carbons (Fsp3) is 0.0455. The maximum Gasteiger partial charge on any atom is 0.269 e. The van der Waals surface area contributed by atoms with Crippen LogP contribution in [0.4, 0.5) is 11.4 Å². The molecule has 0 fully saturated rings. The fourth-order valence-electron chi connectivity index (χ4n) is 2.64. The largest absolute Gasteiger partial charge is 0.348 e. The predicted molar refractivity (Wildman–Crippen MR) is 119 cm³/mol. The van der Waals surface area contributed by atoms with E-state index in [4.69, 9.17) is 0 Å². The highest BCUT2D eigenvalue weighted by Crippen LogP contribution is 2.14. The van der Waals surface area contributed by atoms with E-state index in [9.17, 15) is 23.3 Å². The van der Waals surface area contributed by atoms with Gasteiger partial charge in [-0.3, -0.25) is 19.6 Å². The number of nitrogens with one attached hydrogen (secondary N) is 2. The van der Waals surface area contributed by atoms with E-state index >= 15 is 0 Å². The molecular formula is C22H19N3O5S. The van der Waals surface area contributed by atoms with Crippen molar-refractivity contribution in [2.45, 2.75) is 6.54 Å². The van der Waals surface area contributed by atoms with Crippen molar-refractivity contribution in [2.75, 3.05) is 4.72 Å². The van der Waals surface area contributed by atoms with Crippen LogP contribution in [0.5, 0.6) is 0 Å². The molecule has 0 aliphatic rings. The number of carbonyl (C=O) groups excluding carboxylic acids is 1. The molecule has 2 N–H and O–H groups in total. The summed E-state index contributed by atoms with van der Waals surface area (Å²) in [5.74, 6) is -0.350. The van der Waals surface area contributed by atoms with Crippen molar-refractivity contribution in [3.05, 3.63) is 111 Å². The number of benzene rings is 3. The van der Waals surface area contributed by atoms with Crippen LogP contribution >= 0.6 is 0 Å². The van der Waals surface area contributed by atoms with Crippen molar-refractivity contribution in [3.8, 4) is 0 Å². The Bertz CT molecular complexity index is 1190. The van der Waals surface area contributed by atoms with Crippen molar-refractivity contribution in [1.29, 1.82) is 0 Å². The van der Waals surface area contributed by atoms with Crippen molar-refractivity contribution in [1.82, 2.24) is 5.32 Å². The monoisotopic (exact) mass is 437 g/mol. The third kappa shape index (κ3) is 6.51. The normalized spacial score (nSPS) is 11.2. The van der Waals surface area contributed by atoms with Crippen molar-refractivity contribution in [2.24, 2.45) is 0 Å². The number of hydrogen-bond acceptors (Lipinski definition) is 5. The standard InChI is InChI=1S/C22H19N3O5S/c26-22(23-16-18-6-12-21(13-7-18)25(27)28)19-8-10-20(11-9-19)24-31(29,30)15-14-17-4-2-1-3-5-17/h1-15,24H,16H2,(H,23,26). The Morgan fingerprint density at radius 3 is 2.19 bits per heavy atom. The molecule has 158 valence electrons. The fourth-order valence-corrected chi connectivity index (χ4v) is 3.51. The Balaban J connectivity index is 1.57. The molecule has 3 aromatic rings. The van der Waals surface area contributed by atoms with Gasteiger partial charge in [-0.2, -0.15) is 0 Å². The van der Waals surface area contributed by atoms with Gasteiger partial charge in [0.1, 0.15) is 0 Å². The number of nitro groups is 1. The van der Waals surface area contributed by atoms with Gasteiger partial charge in [0.15, 0.2) is 0 Å². The van der Waals surface area contributed by atoms with Gasteiger partial charge in [-0.25, -0.2) is 8.42 Å². The van der Waals surface area contributed by atoms with E-state index in [-0.39, 0.29) is 18.1 Å². The summed E-state index contributed by atoms with van der Waals surface area (Å²) < 4.78 is 26.8. The number of nitro benzene ring substituents is 1. The summed E-state index contributed by atoms with van der Waals surface area (Å²) in [5.41, 5.74) is 2.13.